The van der Waals surface area contributed by atoms with E-state index in [2.05, 4.69) is 10.2 Å². The van der Waals surface area contributed by atoms with Gasteiger partial charge < -0.3 is 24.2 Å². The highest BCUT2D eigenvalue weighted by Gasteiger charge is 2.44. The molecule has 33 heavy (non-hydrogen) atoms. The van der Waals surface area contributed by atoms with Crippen molar-refractivity contribution in [2.45, 2.75) is 31.9 Å². The molecule has 1 amide bonds. The van der Waals surface area contributed by atoms with Crippen molar-refractivity contribution in [3.05, 3.63) is 59.3 Å². The molecule has 2 N–H and O–H groups in total. The van der Waals surface area contributed by atoms with E-state index >= 15 is 0 Å². The molecule has 0 bridgehead atoms. The molecule has 0 saturated carbocycles. The lowest BCUT2D eigenvalue weighted by Gasteiger charge is -2.29. The van der Waals surface area contributed by atoms with Gasteiger partial charge in [0.05, 0.1) is 25.9 Å². The standard InChI is InChI=1S/C25H27N3O5/c1-3-32-19-11-10-15(13-20(19)31-2)24-21-22(17-8-4-5-9-18(17)29)26-27-23(21)25(30)28(24)14-16-7-6-12-33-16/h4-5,8-11,13,16,24,29H,3,6-7,12,14H2,1-2H3,(H,26,27)/t16-,24-/m0/s1. The average molecular weight is 450 g/mol. The van der Waals surface area contributed by atoms with Crippen LogP contribution in [0.15, 0.2) is 42.5 Å². The van der Waals surface area contributed by atoms with Crippen molar-refractivity contribution < 1.29 is 24.1 Å². The number of nitrogens with one attached hydrogen (secondary N) is 1. The number of aromatic nitrogens is 2. The number of ether oxygens (including phenoxy) is 3. The zero-order chi connectivity index (χ0) is 22.9. The Bertz CT molecular complexity index is 1170. The third-order valence-corrected chi connectivity index (χ3v) is 6.25. The Labute approximate surface area is 192 Å². The van der Waals surface area contributed by atoms with Crippen molar-refractivity contribution in [3.8, 4) is 28.5 Å². The summed E-state index contributed by atoms with van der Waals surface area (Å²) in [5, 5.41) is 17.9. The Balaban J connectivity index is 1.64. The van der Waals surface area contributed by atoms with Gasteiger partial charge in [0.1, 0.15) is 17.1 Å². The maximum Gasteiger partial charge on any atom is 0.273 e. The van der Waals surface area contributed by atoms with Gasteiger partial charge in [-0.25, -0.2) is 0 Å². The maximum atomic E-state index is 13.5. The summed E-state index contributed by atoms with van der Waals surface area (Å²) in [6.07, 6.45) is 1.90. The van der Waals surface area contributed by atoms with Crippen molar-refractivity contribution in [3.63, 3.8) is 0 Å². The number of carbonyl (C=O) groups excluding carboxylic acids is 1. The molecule has 5 rings (SSSR count). The predicted octanol–water partition coefficient (Wildman–Crippen LogP) is 3.91. The molecule has 1 saturated heterocycles. The van der Waals surface area contributed by atoms with E-state index in [1.807, 2.05) is 36.1 Å². The topological polar surface area (TPSA) is 96.9 Å². The number of H-pyrrole nitrogens is 1. The highest BCUT2D eigenvalue weighted by atomic mass is 16.5. The molecule has 1 aromatic heterocycles. The summed E-state index contributed by atoms with van der Waals surface area (Å²) >= 11 is 0. The van der Waals surface area contributed by atoms with Crippen LogP contribution in [-0.4, -0.2) is 59.1 Å². The fourth-order valence-electron chi connectivity index (χ4n) is 4.75. The second-order valence-corrected chi connectivity index (χ2v) is 8.22. The summed E-state index contributed by atoms with van der Waals surface area (Å²) in [6.45, 7) is 3.63. The molecule has 8 heteroatoms. The predicted molar refractivity (Wildman–Crippen MR) is 122 cm³/mol. The van der Waals surface area contributed by atoms with Gasteiger partial charge >= 0.3 is 0 Å². The van der Waals surface area contributed by atoms with E-state index in [4.69, 9.17) is 14.2 Å². The number of aromatic amines is 1. The normalized spacial score (nSPS) is 19.7. The average Bonchev–Trinajstić information content (AvgIpc) is 3.55. The van der Waals surface area contributed by atoms with Crippen molar-refractivity contribution in [2.24, 2.45) is 0 Å². The minimum atomic E-state index is -0.408. The van der Waals surface area contributed by atoms with Gasteiger partial charge in [0.25, 0.3) is 5.91 Å². The zero-order valence-electron chi connectivity index (χ0n) is 18.7. The number of hydrogen-bond acceptors (Lipinski definition) is 6. The van der Waals surface area contributed by atoms with Gasteiger partial charge in [-0.2, -0.15) is 5.10 Å². The maximum absolute atomic E-state index is 13.5. The molecule has 2 aromatic carbocycles. The van der Waals surface area contributed by atoms with E-state index in [-0.39, 0.29) is 17.8 Å². The molecule has 1 fully saturated rings. The molecule has 172 valence electrons. The summed E-state index contributed by atoms with van der Waals surface area (Å²) in [6, 6.07) is 12.3. The number of phenols is 1. The van der Waals surface area contributed by atoms with Crippen LogP contribution in [0, 0.1) is 0 Å². The third-order valence-electron chi connectivity index (χ3n) is 6.25. The third kappa shape index (κ3) is 3.70. The fraction of sp³-hybridized carbons (Fsp3) is 0.360. The summed E-state index contributed by atoms with van der Waals surface area (Å²) in [7, 11) is 1.60. The molecule has 3 heterocycles. The molecule has 0 spiro atoms. The molecule has 2 aliphatic heterocycles. The molecular formula is C25H27N3O5. The first-order valence-electron chi connectivity index (χ1n) is 11.2. The minimum Gasteiger partial charge on any atom is -0.507 e. The molecule has 0 radical (unpaired) electrons. The number of amides is 1. The smallest absolute Gasteiger partial charge is 0.273 e. The number of fused-ring (bicyclic) bond motifs is 1. The molecule has 0 unspecified atom stereocenters. The number of phenolic OH excluding ortho intramolecular Hbond substituents is 1. The van der Waals surface area contributed by atoms with Crippen LogP contribution in [-0.2, 0) is 4.74 Å². The summed E-state index contributed by atoms with van der Waals surface area (Å²) in [4.78, 5) is 15.3. The van der Waals surface area contributed by atoms with Gasteiger partial charge in [-0.15, -0.1) is 0 Å². The highest BCUT2D eigenvalue weighted by Crippen LogP contribution is 2.46. The van der Waals surface area contributed by atoms with Gasteiger partial charge in [-0.3, -0.25) is 9.89 Å². The first-order chi connectivity index (χ1) is 16.1. The molecule has 8 nitrogen and oxygen atoms in total. The SMILES string of the molecule is CCOc1ccc([C@H]2c3c(-c4ccccc4O)n[nH]c3C(=O)N2C[C@@H]2CCCO2)cc1OC. The Hall–Kier alpha value is -3.52. The number of benzene rings is 2. The Kier molecular flexibility index (Phi) is 5.68. The van der Waals surface area contributed by atoms with E-state index in [0.29, 0.717) is 48.2 Å². The van der Waals surface area contributed by atoms with E-state index in [9.17, 15) is 9.90 Å². The van der Waals surface area contributed by atoms with E-state index in [1.54, 1.807) is 25.3 Å². The summed E-state index contributed by atoms with van der Waals surface area (Å²) in [5.74, 6) is 1.22. The van der Waals surface area contributed by atoms with Crippen LogP contribution in [0.1, 0.15) is 47.4 Å². The Morgan fingerprint density at radius 1 is 1.24 bits per heavy atom. The molecule has 0 aliphatic carbocycles. The second kappa shape index (κ2) is 8.78. The van der Waals surface area contributed by atoms with Crippen molar-refractivity contribution in [1.29, 1.82) is 0 Å². The van der Waals surface area contributed by atoms with Crippen LogP contribution in [0.4, 0.5) is 0 Å². The first kappa shape index (κ1) is 21.3. The summed E-state index contributed by atoms with van der Waals surface area (Å²) < 4.78 is 17.1. The number of para-hydroxylation sites is 1. The molecule has 2 atom stereocenters. The van der Waals surface area contributed by atoms with E-state index in [0.717, 1.165) is 24.0 Å². The Morgan fingerprint density at radius 2 is 2.09 bits per heavy atom. The van der Waals surface area contributed by atoms with Crippen molar-refractivity contribution in [2.75, 3.05) is 26.9 Å². The number of rotatable bonds is 7. The zero-order valence-corrected chi connectivity index (χ0v) is 18.7. The van der Waals surface area contributed by atoms with Crippen LogP contribution in [0.5, 0.6) is 17.2 Å². The van der Waals surface area contributed by atoms with Crippen LogP contribution >= 0.6 is 0 Å². The van der Waals surface area contributed by atoms with Gasteiger partial charge in [-0.05, 0) is 49.6 Å². The van der Waals surface area contributed by atoms with E-state index < -0.39 is 6.04 Å². The largest absolute Gasteiger partial charge is 0.507 e. The van der Waals surface area contributed by atoms with Crippen LogP contribution in [0.3, 0.4) is 0 Å². The van der Waals surface area contributed by atoms with Crippen molar-refractivity contribution >= 4 is 5.91 Å². The van der Waals surface area contributed by atoms with Gasteiger partial charge in [-0.1, -0.05) is 18.2 Å². The number of nitrogens with zero attached hydrogens (tertiary/aromatic N) is 2. The van der Waals surface area contributed by atoms with Gasteiger partial charge in [0.2, 0.25) is 0 Å². The van der Waals surface area contributed by atoms with Gasteiger partial charge in [0, 0.05) is 24.3 Å². The quantitative estimate of drug-likeness (QED) is 0.568. The fourth-order valence-corrected chi connectivity index (χ4v) is 4.75. The highest BCUT2D eigenvalue weighted by molar-refractivity contribution is 6.00. The molecule has 3 aromatic rings. The molecular weight excluding hydrogens is 422 g/mol. The number of aromatic hydroxyl groups is 1. The minimum absolute atomic E-state index is 0.00779. The lowest BCUT2D eigenvalue weighted by atomic mass is 9.95. The first-order valence-corrected chi connectivity index (χ1v) is 11.2. The molecule has 2 aliphatic rings. The van der Waals surface area contributed by atoms with Crippen molar-refractivity contribution in [1.82, 2.24) is 15.1 Å². The lowest BCUT2D eigenvalue weighted by Crippen LogP contribution is -2.36. The van der Waals surface area contributed by atoms with Crippen LogP contribution < -0.4 is 9.47 Å². The number of hydrogen-bond donors (Lipinski definition) is 2. The lowest BCUT2D eigenvalue weighted by molar-refractivity contribution is 0.0495. The Morgan fingerprint density at radius 3 is 2.82 bits per heavy atom. The van der Waals surface area contributed by atoms with Gasteiger partial charge in [0.15, 0.2) is 11.5 Å². The number of methoxy groups -OCH3 is 1. The monoisotopic (exact) mass is 449 g/mol. The summed E-state index contributed by atoms with van der Waals surface area (Å²) in [5.41, 5.74) is 3.18. The van der Waals surface area contributed by atoms with E-state index in [1.165, 1.54) is 0 Å². The number of carbonyl (C=O) groups is 1. The van der Waals surface area contributed by atoms with Crippen LogP contribution in [0.25, 0.3) is 11.3 Å². The second-order valence-electron chi connectivity index (χ2n) is 8.22. The van der Waals surface area contributed by atoms with Crippen LogP contribution in [0.2, 0.25) is 0 Å².